The van der Waals surface area contributed by atoms with Crippen molar-refractivity contribution in [1.82, 2.24) is 0 Å². The number of rotatable bonds is 5. The van der Waals surface area contributed by atoms with E-state index in [-0.39, 0.29) is 0 Å². The fourth-order valence-electron chi connectivity index (χ4n) is 1.00. The second-order valence-electron chi connectivity index (χ2n) is 2.43. The van der Waals surface area contributed by atoms with E-state index in [0.717, 1.165) is 12.7 Å². The molecule has 0 aliphatic rings. The second kappa shape index (κ2) is 6.01. The van der Waals surface area contributed by atoms with E-state index in [2.05, 4.69) is 13.8 Å². The van der Waals surface area contributed by atoms with Crippen molar-refractivity contribution in [3.8, 4) is 0 Å². The molecule has 0 fully saturated rings. The zero-order valence-corrected chi connectivity index (χ0v) is 7.55. The minimum Gasteiger partial charge on any atom is -0.303 e. The average Bonchev–Trinajstić information content (AvgIpc) is 1.91. The molecule has 0 N–H and O–H groups in total. The van der Waals surface area contributed by atoms with Gasteiger partial charge in [0.05, 0.1) is 0 Å². The van der Waals surface area contributed by atoms with Crippen LogP contribution in [0.15, 0.2) is 0 Å². The first kappa shape index (κ1) is 8.89. The molecule has 0 amide bonds. The molecule has 0 aromatic carbocycles. The normalized spacial score (nSPS) is 10.1. The summed E-state index contributed by atoms with van der Waals surface area (Å²) in [5.74, 6) is 0. The van der Waals surface area contributed by atoms with E-state index in [1.54, 1.807) is 0 Å². The van der Waals surface area contributed by atoms with Crippen molar-refractivity contribution in [2.24, 2.45) is 0 Å². The minimum absolute atomic E-state index is 0.441. The molecule has 0 atom stereocenters. The summed E-state index contributed by atoms with van der Waals surface area (Å²) < 4.78 is 0. The lowest BCUT2D eigenvalue weighted by Gasteiger charge is -2.05. The highest BCUT2D eigenvalue weighted by molar-refractivity contribution is 6.58. The number of hydrogen-bond donors (Lipinski definition) is 0. The minimum atomic E-state index is -0.441. The molecule has 54 valence electrons. The predicted molar refractivity (Wildman–Crippen MR) is 43.6 cm³/mol. The lowest BCUT2D eigenvalue weighted by atomic mass is 10.6. The van der Waals surface area contributed by atoms with Crippen LogP contribution in [-0.2, 0) is 4.79 Å². The third-order valence-electron chi connectivity index (χ3n) is 1.85. The quantitative estimate of drug-likeness (QED) is 0.425. The topological polar surface area (TPSA) is 17.1 Å². The molecule has 0 saturated carbocycles. The highest BCUT2D eigenvalue weighted by Crippen LogP contribution is 2.05. The highest BCUT2D eigenvalue weighted by Gasteiger charge is 2.02. The van der Waals surface area contributed by atoms with Gasteiger partial charge in [0.1, 0.15) is 6.29 Å². The summed E-state index contributed by atoms with van der Waals surface area (Å²) in [7, 11) is -0.441. The summed E-state index contributed by atoms with van der Waals surface area (Å²) in [6.45, 7) is 4.48. The van der Waals surface area contributed by atoms with Crippen molar-refractivity contribution in [3.63, 3.8) is 0 Å². The zero-order valence-electron chi connectivity index (χ0n) is 6.39. The van der Waals surface area contributed by atoms with Gasteiger partial charge in [0.25, 0.3) is 0 Å². The van der Waals surface area contributed by atoms with Crippen LogP contribution in [0.5, 0.6) is 0 Å². The van der Waals surface area contributed by atoms with Gasteiger partial charge in [-0.3, -0.25) is 0 Å². The van der Waals surface area contributed by atoms with Gasteiger partial charge in [-0.1, -0.05) is 32.0 Å². The van der Waals surface area contributed by atoms with Gasteiger partial charge in [-0.25, -0.2) is 0 Å². The second-order valence-corrected chi connectivity index (χ2v) is 6.37. The predicted octanol–water partition coefficient (Wildman–Crippen LogP) is 1.84. The summed E-state index contributed by atoms with van der Waals surface area (Å²) in [5.41, 5.74) is 0. The maximum atomic E-state index is 9.96. The summed E-state index contributed by atoms with van der Waals surface area (Å²) in [4.78, 5) is 9.96. The molecule has 0 aromatic rings. The third-order valence-corrected chi connectivity index (χ3v) is 5.31. The fraction of sp³-hybridized carbons (Fsp3) is 0.857. The monoisotopic (exact) mass is 144 g/mol. The Morgan fingerprint density at radius 3 is 2.22 bits per heavy atom. The first-order valence-corrected chi connectivity index (χ1v) is 6.23. The van der Waals surface area contributed by atoms with Crippen LogP contribution in [0.1, 0.15) is 20.3 Å². The maximum absolute atomic E-state index is 9.96. The average molecular weight is 144 g/mol. The van der Waals surface area contributed by atoms with Crippen molar-refractivity contribution < 1.29 is 4.79 Å². The molecule has 0 aliphatic carbocycles. The molecule has 0 radical (unpaired) electrons. The number of carbonyl (C=O) groups excluding carboxylic acids is 1. The van der Waals surface area contributed by atoms with Gasteiger partial charge in [0.15, 0.2) is 0 Å². The van der Waals surface area contributed by atoms with Gasteiger partial charge in [0.2, 0.25) is 0 Å². The Hall–Kier alpha value is -0.113. The van der Waals surface area contributed by atoms with Crippen LogP contribution in [0.2, 0.25) is 18.1 Å². The molecule has 0 saturated heterocycles. The molecular weight excluding hydrogens is 128 g/mol. The lowest BCUT2D eigenvalue weighted by Crippen LogP contribution is -2.07. The number of aldehydes is 1. The molecule has 0 aliphatic heterocycles. The van der Waals surface area contributed by atoms with Gasteiger partial charge >= 0.3 is 0 Å². The van der Waals surface area contributed by atoms with Crippen molar-refractivity contribution in [1.29, 1.82) is 0 Å². The van der Waals surface area contributed by atoms with Gasteiger partial charge in [-0.05, 0) is 0 Å². The van der Waals surface area contributed by atoms with Crippen LogP contribution >= 0.6 is 0 Å². The van der Waals surface area contributed by atoms with Crippen LogP contribution < -0.4 is 0 Å². The Morgan fingerprint density at radius 2 is 1.89 bits per heavy atom. The largest absolute Gasteiger partial charge is 0.303 e. The van der Waals surface area contributed by atoms with Gasteiger partial charge in [-0.2, -0.15) is 0 Å². The summed E-state index contributed by atoms with van der Waals surface area (Å²) in [5, 5.41) is 0. The Balaban J connectivity index is 3.19. The zero-order chi connectivity index (χ0) is 7.11. The van der Waals surface area contributed by atoms with E-state index in [0.29, 0.717) is 0 Å². The SMILES string of the molecule is CC[SiH](CC)CCC=O. The fourth-order valence-corrected chi connectivity index (χ4v) is 3.00. The first-order valence-electron chi connectivity index (χ1n) is 3.78. The maximum Gasteiger partial charge on any atom is 0.119 e. The van der Waals surface area contributed by atoms with E-state index in [1.165, 1.54) is 18.1 Å². The van der Waals surface area contributed by atoms with Crippen molar-refractivity contribution in [2.75, 3.05) is 0 Å². The third kappa shape index (κ3) is 4.39. The molecule has 0 unspecified atom stereocenters. The van der Waals surface area contributed by atoms with Crippen LogP contribution in [0.3, 0.4) is 0 Å². The molecule has 0 rings (SSSR count). The lowest BCUT2D eigenvalue weighted by molar-refractivity contribution is -0.107. The molecule has 2 heteroatoms. The number of carbonyl (C=O) groups is 1. The number of hydrogen-bond acceptors (Lipinski definition) is 1. The summed E-state index contributed by atoms with van der Waals surface area (Å²) in [6, 6.07) is 3.92. The van der Waals surface area contributed by atoms with Crippen molar-refractivity contribution in [3.05, 3.63) is 0 Å². The van der Waals surface area contributed by atoms with Gasteiger partial charge in [-0.15, -0.1) is 0 Å². The summed E-state index contributed by atoms with van der Waals surface area (Å²) in [6.07, 6.45) is 1.85. The highest BCUT2D eigenvalue weighted by atomic mass is 28.3. The van der Waals surface area contributed by atoms with Crippen LogP contribution in [0.4, 0.5) is 0 Å². The Labute approximate surface area is 59.1 Å². The van der Waals surface area contributed by atoms with Crippen molar-refractivity contribution in [2.45, 2.75) is 38.4 Å². The standard InChI is InChI=1S/C7H16OSi/c1-3-9(4-2)7-5-6-8/h6,9H,3-5,7H2,1-2H3. The van der Waals surface area contributed by atoms with Crippen LogP contribution in [-0.4, -0.2) is 15.1 Å². The Kier molecular flexibility index (Phi) is 5.94. The molecule has 0 spiro atoms. The van der Waals surface area contributed by atoms with Crippen LogP contribution in [0, 0.1) is 0 Å². The smallest absolute Gasteiger partial charge is 0.119 e. The molecule has 0 aromatic heterocycles. The van der Waals surface area contributed by atoms with E-state index < -0.39 is 8.80 Å². The Bertz CT molecular complexity index is 69.3. The van der Waals surface area contributed by atoms with E-state index >= 15 is 0 Å². The summed E-state index contributed by atoms with van der Waals surface area (Å²) >= 11 is 0. The van der Waals surface area contributed by atoms with E-state index in [4.69, 9.17) is 0 Å². The van der Waals surface area contributed by atoms with E-state index in [9.17, 15) is 4.79 Å². The molecule has 1 nitrogen and oxygen atoms in total. The van der Waals surface area contributed by atoms with Gasteiger partial charge < -0.3 is 4.79 Å². The van der Waals surface area contributed by atoms with Crippen LogP contribution in [0.25, 0.3) is 0 Å². The Morgan fingerprint density at radius 1 is 1.33 bits per heavy atom. The molecule has 0 bridgehead atoms. The van der Waals surface area contributed by atoms with Crippen molar-refractivity contribution >= 4 is 15.1 Å². The molecule has 9 heavy (non-hydrogen) atoms. The van der Waals surface area contributed by atoms with Gasteiger partial charge in [0, 0.05) is 15.2 Å². The van der Waals surface area contributed by atoms with E-state index in [1.807, 2.05) is 0 Å². The molecule has 0 heterocycles. The molecular formula is C7H16OSi. The first-order chi connectivity index (χ1) is 4.35.